The zero-order valence-electron chi connectivity index (χ0n) is 14.3. The molecule has 23 heavy (non-hydrogen) atoms. The van der Waals surface area contributed by atoms with Crippen LogP contribution in [0, 0.1) is 5.92 Å². The van der Waals surface area contributed by atoms with E-state index >= 15 is 0 Å². The van der Waals surface area contributed by atoms with Crippen molar-refractivity contribution in [2.24, 2.45) is 5.92 Å². The van der Waals surface area contributed by atoms with Gasteiger partial charge in [0.15, 0.2) is 0 Å². The number of hydrogen-bond donors (Lipinski definition) is 1. The number of rotatable bonds is 6. The van der Waals surface area contributed by atoms with E-state index < -0.39 is 0 Å². The number of ether oxygens (including phenoxy) is 1. The van der Waals surface area contributed by atoms with Gasteiger partial charge in [0.05, 0.1) is 12.0 Å². The van der Waals surface area contributed by atoms with Gasteiger partial charge in [0.1, 0.15) is 5.75 Å². The average molecular weight is 318 g/mol. The second kappa shape index (κ2) is 7.49. The zero-order chi connectivity index (χ0) is 17.0. The minimum absolute atomic E-state index is 0.0590. The van der Waals surface area contributed by atoms with Crippen LogP contribution in [0.3, 0.4) is 0 Å². The Kier molecular flexibility index (Phi) is 5.64. The fourth-order valence-electron chi connectivity index (χ4n) is 2.75. The number of para-hydroxylation sites is 1. The predicted octanol–water partition coefficient (Wildman–Crippen LogP) is 2.35. The Morgan fingerprint density at radius 3 is 2.61 bits per heavy atom. The molecule has 0 aromatic heterocycles. The summed E-state index contributed by atoms with van der Waals surface area (Å²) in [5, 5.41) is 2.94. The van der Waals surface area contributed by atoms with Crippen molar-refractivity contribution >= 4 is 11.8 Å². The van der Waals surface area contributed by atoms with Gasteiger partial charge in [0, 0.05) is 31.1 Å². The summed E-state index contributed by atoms with van der Waals surface area (Å²) in [4.78, 5) is 26.0. The number of nitrogens with one attached hydrogen (secondary N) is 1. The minimum Gasteiger partial charge on any atom is -0.491 e. The highest BCUT2D eigenvalue weighted by Crippen LogP contribution is 2.22. The van der Waals surface area contributed by atoms with Crippen molar-refractivity contribution in [1.29, 1.82) is 0 Å². The second-order valence-electron chi connectivity index (χ2n) is 6.53. The van der Waals surface area contributed by atoms with E-state index in [2.05, 4.69) is 5.32 Å². The fourth-order valence-corrected chi connectivity index (χ4v) is 2.75. The molecule has 5 heteroatoms. The summed E-state index contributed by atoms with van der Waals surface area (Å²) in [6, 6.07) is 7.83. The number of nitrogens with zero attached hydrogens (tertiary/aromatic N) is 1. The summed E-state index contributed by atoms with van der Waals surface area (Å²) < 4.78 is 5.76. The third kappa shape index (κ3) is 4.47. The number of carbonyl (C=O) groups is 2. The Hall–Kier alpha value is -2.04. The lowest BCUT2D eigenvalue weighted by Gasteiger charge is -2.20. The molecule has 1 atom stereocenters. The summed E-state index contributed by atoms with van der Waals surface area (Å²) in [6.07, 6.45) is 0.382. The quantitative estimate of drug-likeness (QED) is 0.876. The maximum atomic E-state index is 12.3. The number of hydrogen-bond acceptors (Lipinski definition) is 3. The Morgan fingerprint density at radius 2 is 2.00 bits per heavy atom. The Balaban J connectivity index is 1.94. The fraction of sp³-hybridized carbons (Fsp3) is 0.556. The molecule has 0 bridgehead atoms. The molecule has 1 aromatic rings. The van der Waals surface area contributed by atoms with Crippen molar-refractivity contribution in [1.82, 2.24) is 10.2 Å². The summed E-state index contributed by atoms with van der Waals surface area (Å²) >= 11 is 0. The first-order chi connectivity index (χ1) is 10.9. The molecule has 5 nitrogen and oxygen atoms in total. The molecule has 126 valence electrons. The Bertz CT molecular complexity index is 569. The van der Waals surface area contributed by atoms with E-state index in [9.17, 15) is 9.59 Å². The van der Waals surface area contributed by atoms with E-state index in [-0.39, 0.29) is 29.9 Å². The largest absolute Gasteiger partial charge is 0.491 e. The topological polar surface area (TPSA) is 58.6 Å². The van der Waals surface area contributed by atoms with Crippen LogP contribution in [0.1, 0.15) is 39.7 Å². The number of carbonyl (C=O) groups excluding carboxylic acids is 2. The molecule has 1 aliphatic heterocycles. The highest BCUT2D eigenvalue weighted by atomic mass is 16.5. The molecule has 1 aromatic carbocycles. The van der Waals surface area contributed by atoms with E-state index in [0.717, 1.165) is 11.3 Å². The van der Waals surface area contributed by atoms with Crippen molar-refractivity contribution in [3.05, 3.63) is 29.8 Å². The maximum absolute atomic E-state index is 12.3. The molecule has 1 saturated heterocycles. The lowest BCUT2D eigenvalue weighted by Crippen LogP contribution is -2.35. The summed E-state index contributed by atoms with van der Waals surface area (Å²) in [5.41, 5.74) is 0.944. The van der Waals surface area contributed by atoms with E-state index in [1.807, 2.05) is 52.0 Å². The minimum atomic E-state index is -0.261. The van der Waals surface area contributed by atoms with Crippen LogP contribution in [0.5, 0.6) is 5.75 Å². The molecule has 0 saturated carbocycles. The van der Waals surface area contributed by atoms with Crippen LogP contribution >= 0.6 is 0 Å². The van der Waals surface area contributed by atoms with E-state index in [1.165, 1.54) is 0 Å². The van der Waals surface area contributed by atoms with Gasteiger partial charge < -0.3 is 15.0 Å². The van der Waals surface area contributed by atoms with Crippen LogP contribution in [0.15, 0.2) is 24.3 Å². The van der Waals surface area contributed by atoms with Crippen LogP contribution in [0.4, 0.5) is 0 Å². The van der Waals surface area contributed by atoms with Crippen LogP contribution in [0.2, 0.25) is 0 Å². The number of benzene rings is 1. The van der Waals surface area contributed by atoms with E-state index in [4.69, 9.17) is 4.74 Å². The first-order valence-corrected chi connectivity index (χ1v) is 8.20. The molecule has 0 radical (unpaired) electrons. The molecule has 1 heterocycles. The molecule has 0 spiro atoms. The number of likely N-dealkylation sites (tertiary alicyclic amines) is 1. The predicted molar refractivity (Wildman–Crippen MR) is 89.0 cm³/mol. The van der Waals surface area contributed by atoms with Gasteiger partial charge in [0.2, 0.25) is 11.8 Å². The Labute approximate surface area is 138 Å². The average Bonchev–Trinajstić information content (AvgIpc) is 2.88. The van der Waals surface area contributed by atoms with E-state index in [1.54, 1.807) is 4.90 Å². The molecule has 2 rings (SSSR count). The van der Waals surface area contributed by atoms with Crippen molar-refractivity contribution in [2.45, 2.75) is 52.8 Å². The first kappa shape index (κ1) is 17.3. The second-order valence-corrected chi connectivity index (χ2v) is 6.53. The molecule has 1 fully saturated rings. The molecule has 1 N–H and O–H groups in total. The first-order valence-electron chi connectivity index (χ1n) is 8.20. The lowest BCUT2D eigenvalue weighted by molar-refractivity contribution is -0.130. The van der Waals surface area contributed by atoms with Crippen LogP contribution in [0.25, 0.3) is 0 Å². The third-order valence-electron chi connectivity index (χ3n) is 3.94. The molecular weight excluding hydrogens is 292 g/mol. The van der Waals surface area contributed by atoms with Gasteiger partial charge >= 0.3 is 0 Å². The summed E-state index contributed by atoms with van der Waals surface area (Å²) in [6.45, 7) is 8.80. The molecular formula is C18H26N2O3. The third-order valence-corrected chi connectivity index (χ3v) is 3.94. The lowest BCUT2D eigenvalue weighted by atomic mass is 10.1. The van der Waals surface area contributed by atoms with Gasteiger partial charge in [0.25, 0.3) is 0 Å². The maximum Gasteiger partial charge on any atom is 0.225 e. The van der Waals surface area contributed by atoms with Gasteiger partial charge in [-0.05, 0) is 33.8 Å². The number of amides is 2. The van der Waals surface area contributed by atoms with E-state index in [0.29, 0.717) is 19.5 Å². The highest BCUT2D eigenvalue weighted by molar-refractivity contribution is 5.89. The van der Waals surface area contributed by atoms with Gasteiger partial charge in [-0.3, -0.25) is 9.59 Å². The van der Waals surface area contributed by atoms with Gasteiger partial charge in [-0.15, -0.1) is 0 Å². The molecule has 1 aliphatic rings. The van der Waals surface area contributed by atoms with Crippen molar-refractivity contribution in [3.63, 3.8) is 0 Å². The Morgan fingerprint density at radius 1 is 1.30 bits per heavy atom. The highest BCUT2D eigenvalue weighted by Gasteiger charge is 2.35. The summed E-state index contributed by atoms with van der Waals surface area (Å²) in [7, 11) is 0. The van der Waals surface area contributed by atoms with Crippen LogP contribution in [-0.4, -0.2) is 35.4 Å². The standard InChI is InChI=1S/C18H26N2O3/c1-12(2)20-11-15(9-17(20)21)18(22)19-10-14-7-5-6-8-16(14)23-13(3)4/h5-8,12-13,15H,9-11H2,1-4H3,(H,19,22)/t15-/m0/s1. The smallest absolute Gasteiger partial charge is 0.225 e. The molecule has 0 unspecified atom stereocenters. The normalized spacial score (nSPS) is 17.9. The van der Waals surface area contributed by atoms with Gasteiger partial charge in [-0.1, -0.05) is 18.2 Å². The monoisotopic (exact) mass is 318 g/mol. The molecule has 2 amide bonds. The summed E-state index contributed by atoms with van der Waals surface area (Å²) in [5.74, 6) is 0.515. The van der Waals surface area contributed by atoms with Gasteiger partial charge in [-0.2, -0.15) is 0 Å². The van der Waals surface area contributed by atoms with Crippen molar-refractivity contribution < 1.29 is 14.3 Å². The molecule has 0 aliphatic carbocycles. The SMILES string of the molecule is CC(C)Oc1ccccc1CNC(=O)[C@H]1CC(=O)N(C(C)C)C1. The van der Waals surface area contributed by atoms with Crippen LogP contribution < -0.4 is 10.1 Å². The van der Waals surface area contributed by atoms with Crippen LogP contribution in [-0.2, 0) is 16.1 Å². The van der Waals surface area contributed by atoms with Gasteiger partial charge in [-0.25, -0.2) is 0 Å². The van der Waals surface area contributed by atoms with Crippen molar-refractivity contribution in [2.75, 3.05) is 6.54 Å². The van der Waals surface area contributed by atoms with Crippen molar-refractivity contribution in [3.8, 4) is 5.75 Å². The zero-order valence-corrected chi connectivity index (χ0v) is 14.3.